The highest BCUT2D eigenvalue weighted by molar-refractivity contribution is 7.89. The number of nitrogens with zero attached hydrogens (tertiary/aromatic N) is 2. The maximum Gasteiger partial charge on any atom is 0.240 e. The number of benzene rings is 3. The zero-order chi connectivity index (χ0) is 20.3. The summed E-state index contributed by atoms with van der Waals surface area (Å²) in [7, 11) is -3.56. The lowest BCUT2D eigenvalue weighted by Crippen LogP contribution is -2.31. The Hall–Kier alpha value is -2.77. The van der Waals surface area contributed by atoms with Crippen LogP contribution < -0.4 is 4.72 Å². The van der Waals surface area contributed by atoms with Gasteiger partial charge in [-0.2, -0.15) is 5.11 Å². The molecule has 1 atom stereocenters. The van der Waals surface area contributed by atoms with Crippen LogP contribution in [0.25, 0.3) is 10.8 Å². The molecule has 0 heterocycles. The molecule has 3 aromatic carbocycles. The molecule has 146 valence electrons. The minimum absolute atomic E-state index is 0.0389. The Kier molecular flexibility index (Phi) is 5.76. The van der Waals surface area contributed by atoms with Crippen molar-refractivity contribution in [3.8, 4) is 5.75 Å². The Balaban J connectivity index is 1.88. The van der Waals surface area contributed by atoms with Crippen molar-refractivity contribution >= 4 is 32.2 Å². The summed E-state index contributed by atoms with van der Waals surface area (Å²) in [5.74, 6) is 0.0389. The quantitative estimate of drug-likeness (QED) is 0.550. The Morgan fingerprint density at radius 2 is 1.75 bits per heavy atom. The van der Waals surface area contributed by atoms with Gasteiger partial charge in [0.25, 0.3) is 0 Å². The van der Waals surface area contributed by atoms with Crippen molar-refractivity contribution in [3.63, 3.8) is 0 Å². The van der Waals surface area contributed by atoms with Crippen LogP contribution in [0.15, 0.2) is 69.7 Å². The lowest BCUT2D eigenvalue weighted by atomic mass is 10.1. The second kappa shape index (κ2) is 8.08. The molecule has 0 saturated carbocycles. The molecule has 3 aromatic rings. The van der Waals surface area contributed by atoms with Crippen LogP contribution in [0.2, 0.25) is 0 Å². The highest BCUT2D eigenvalue weighted by Gasteiger charge is 2.16. The predicted octanol–water partition coefficient (Wildman–Crippen LogP) is 5.35. The van der Waals surface area contributed by atoms with Gasteiger partial charge >= 0.3 is 0 Å². The number of aryl methyl sites for hydroxylation is 1. The zero-order valence-electron chi connectivity index (χ0n) is 16.0. The SMILES string of the molecule is CCC(C)NS(=O)(=O)c1ccc(N=Nc2c(O)ccc3cc(C)ccc23)cc1. The van der Waals surface area contributed by atoms with Crippen molar-refractivity contribution in [1.29, 1.82) is 0 Å². The molecule has 0 aromatic heterocycles. The molecule has 6 nitrogen and oxygen atoms in total. The molecule has 0 fully saturated rings. The molecule has 0 aliphatic heterocycles. The second-order valence-corrected chi connectivity index (χ2v) is 8.50. The highest BCUT2D eigenvalue weighted by atomic mass is 32.2. The first-order valence-electron chi connectivity index (χ1n) is 9.06. The Labute approximate surface area is 165 Å². The van der Waals surface area contributed by atoms with Crippen LogP contribution in [0.3, 0.4) is 0 Å². The second-order valence-electron chi connectivity index (χ2n) is 6.78. The number of hydrogen-bond acceptors (Lipinski definition) is 5. The van der Waals surface area contributed by atoms with Crippen LogP contribution in [0, 0.1) is 6.92 Å². The van der Waals surface area contributed by atoms with Gasteiger partial charge in [0.15, 0.2) is 0 Å². The van der Waals surface area contributed by atoms with Crippen molar-refractivity contribution in [2.24, 2.45) is 10.2 Å². The number of phenolic OH excluding ortho intramolecular Hbond substituents is 1. The maximum atomic E-state index is 12.3. The number of aromatic hydroxyl groups is 1. The molecule has 0 spiro atoms. The normalized spacial score (nSPS) is 13.2. The van der Waals surface area contributed by atoms with Crippen LogP contribution in [0.5, 0.6) is 5.75 Å². The molecule has 0 aliphatic carbocycles. The molecular formula is C21H23N3O3S. The molecule has 0 bridgehead atoms. The minimum atomic E-state index is -3.56. The topological polar surface area (TPSA) is 91.1 Å². The van der Waals surface area contributed by atoms with Gasteiger partial charge in [-0.1, -0.05) is 36.8 Å². The van der Waals surface area contributed by atoms with Gasteiger partial charge in [0, 0.05) is 11.4 Å². The smallest absolute Gasteiger partial charge is 0.240 e. The number of azo groups is 1. The van der Waals surface area contributed by atoms with Crippen molar-refractivity contribution < 1.29 is 13.5 Å². The van der Waals surface area contributed by atoms with Crippen molar-refractivity contribution in [3.05, 3.63) is 60.2 Å². The number of rotatable bonds is 6. The number of phenols is 1. The first-order chi connectivity index (χ1) is 13.3. The Bertz CT molecular complexity index is 1120. The summed E-state index contributed by atoms with van der Waals surface area (Å²) < 4.78 is 27.2. The van der Waals surface area contributed by atoms with E-state index in [2.05, 4.69) is 15.0 Å². The Morgan fingerprint density at radius 3 is 2.43 bits per heavy atom. The molecule has 1 unspecified atom stereocenters. The molecule has 28 heavy (non-hydrogen) atoms. The summed E-state index contributed by atoms with van der Waals surface area (Å²) in [5, 5.41) is 20.3. The molecule has 3 rings (SSSR count). The largest absolute Gasteiger partial charge is 0.506 e. The van der Waals surface area contributed by atoms with Crippen molar-refractivity contribution in [2.45, 2.75) is 38.1 Å². The monoisotopic (exact) mass is 397 g/mol. The number of nitrogens with one attached hydrogen (secondary N) is 1. The van der Waals surface area contributed by atoms with E-state index in [9.17, 15) is 13.5 Å². The minimum Gasteiger partial charge on any atom is -0.506 e. The average Bonchev–Trinajstić information content (AvgIpc) is 2.67. The number of sulfonamides is 1. The molecule has 0 aliphatic rings. The van der Waals surface area contributed by atoms with E-state index in [1.165, 1.54) is 12.1 Å². The fraction of sp³-hybridized carbons (Fsp3) is 0.238. The van der Waals surface area contributed by atoms with E-state index in [4.69, 9.17) is 0 Å². The van der Waals surface area contributed by atoms with Crippen molar-refractivity contribution in [2.75, 3.05) is 0 Å². The molecule has 0 radical (unpaired) electrons. The van der Waals surface area contributed by atoms with Crippen LogP contribution in [-0.2, 0) is 10.0 Å². The van der Waals surface area contributed by atoms with Crippen LogP contribution in [0.4, 0.5) is 11.4 Å². The summed E-state index contributed by atoms with van der Waals surface area (Å²) in [6, 6.07) is 15.3. The first-order valence-corrected chi connectivity index (χ1v) is 10.5. The third-order valence-corrected chi connectivity index (χ3v) is 6.11. The zero-order valence-corrected chi connectivity index (χ0v) is 16.9. The lowest BCUT2D eigenvalue weighted by Gasteiger charge is -2.11. The van der Waals surface area contributed by atoms with E-state index in [0.29, 0.717) is 17.8 Å². The summed E-state index contributed by atoms with van der Waals surface area (Å²) in [5.41, 5.74) is 1.99. The van der Waals surface area contributed by atoms with Gasteiger partial charge in [-0.3, -0.25) is 0 Å². The molecule has 2 N–H and O–H groups in total. The van der Waals surface area contributed by atoms with Gasteiger partial charge in [-0.15, -0.1) is 5.11 Å². The third kappa shape index (κ3) is 4.37. The standard InChI is InChI=1S/C21H23N3O3S/c1-4-15(3)24-28(26,27)18-9-7-17(8-10-18)22-23-21-19-11-5-14(2)13-16(19)6-12-20(21)25/h5-13,15,24-25H,4H2,1-3H3. The third-order valence-electron chi connectivity index (χ3n) is 4.51. The van der Waals surface area contributed by atoms with E-state index in [1.54, 1.807) is 18.2 Å². The molecule has 0 amide bonds. The number of hydrogen-bond donors (Lipinski definition) is 2. The van der Waals surface area contributed by atoms with E-state index in [0.717, 1.165) is 16.3 Å². The highest BCUT2D eigenvalue weighted by Crippen LogP contribution is 2.36. The van der Waals surface area contributed by atoms with Gasteiger partial charge in [0.2, 0.25) is 10.0 Å². The van der Waals surface area contributed by atoms with Crippen LogP contribution in [-0.4, -0.2) is 19.6 Å². The van der Waals surface area contributed by atoms with Crippen LogP contribution >= 0.6 is 0 Å². The fourth-order valence-corrected chi connectivity index (χ4v) is 4.07. The van der Waals surface area contributed by atoms with E-state index < -0.39 is 10.0 Å². The maximum absolute atomic E-state index is 12.3. The molecule has 7 heteroatoms. The molecule has 0 saturated heterocycles. The van der Waals surface area contributed by atoms with E-state index >= 15 is 0 Å². The summed E-state index contributed by atoms with van der Waals surface area (Å²) >= 11 is 0. The average molecular weight is 398 g/mol. The lowest BCUT2D eigenvalue weighted by molar-refractivity contribution is 0.477. The van der Waals surface area contributed by atoms with E-state index in [-0.39, 0.29) is 16.7 Å². The van der Waals surface area contributed by atoms with E-state index in [1.807, 2.05) is 45.0 Å². The van der Waals surface area contributed by atoms with Crippen molar-refractivity contribution in [1.82, 2.24) is 4.72 Å². The Morgan fingerprint density at radius 1 is 1.04 bits per heavy atom. The van der Waals surface area contributed by atoms with Crippen LogP contribution in [0.1, 0.15) is 25.8 Å². The predicted molar refractivity (Wildman–Crippen MR) is 111 cm³/mol. The van der Waals surface area contributed by atoms with Gasteiger partial charge in [-0.25, -0.2) is 13.1 Å². The van der Waals surface area contributed by atoms with Gasteiger partial charge in [0.05, 0.1) is 10.6 Å². The molecular weight excluding hydrogens is 374 g/mol. The van der Waals surface area contributed by atoms with Gasteiger partial charge < -0.3 is 5.11 Å². The van der Waals surface area contributed by atoms with Gasteiger partial charge in [0.1, 0.15) is 11.4 Å². The summed E-state index contributed by atoms with van der Waals surface area (Å²) in [4.78, 5) is 0.176. The first kappa shape index (κ1) is 20.0. The number of fused-ring (bicyclic) bond motifs is 1. The van der Waals surface area contributed by atoms with Gasteiger partial charge in [-0.05, 0) is 56.0 Å². The summed E-state index contributed by atoms with van der Waals surface area (Å²) in [6.45, 7) is 5.73. The fourth-order valence-electron chi connectivity index (χ4n) is 2.74. The summed E-state index contributed by atoms with van der Waals surface area (Å²) in [6.07, 6.45) is 0.708.